The van der Waals surface area contributed by atoms with Crippen LogP contribution >= 0.6 is 0 Å². The highest BCUT2D eigenvalue weighted by atomic mass is 15.2. The molecule has 0 fully saturated rings. The van der Waals surface area contributed by atoms with Crippen molar-refractivity contribution in [2.24, 2.45) is 0 Å². The van der Waals surface area contributed by atoms with Crippen molar-refractivity contribution in [2.75, 3.05) is 0 Å². The van der Waals surface area contributed by atoms with Crippen LogP contribution in [0.15, 0.2) is 66.7 Å². The summed E-state index contributed by atoms with van der Waals surface area (Å²) in [5.74, 6) is 1.31. The number of nitrogens with zero attached hydrogens (tertiary/aromatic N) is 6. The van der Waals surface area contributed by atoms with Crippen molar-refractivity contribution in [1.82, 2.24) is 24.1 Å². The van der Waals surface area contributed by atoms with Crippen molar-refractivity contribution in [3.05, 3.63) is 89.6 Å². The van der Waals surface area contributed by atoms with Gasteiger partial charge < -0.3 is 4.57 Å². The first-order valence-corrected chi connectivity index (χ1v) is 10.8. The molecule has 3 aromatic carbocycles. The lowest BCUT2D eigenvalue weighted by atomic mass is 10.1. The van der Waals surface area contributed by atoms with Crippen LogP contribution in [0.25, 0.3) is 44.3 Å². The zero-order chi connectivity index (χ0) is 22.7. The summed E-state index contributed by atoms with van der Waals surface area (Å²) in [7, 11) is 0. The van der Waals surface area contributed by atoms with E-state index in [1.54, 1.807) is 6.92 Å². The number of imidazole rings is 1. The molecule has 0 saturated carbocycles. The summed E-state index contributed by atoms with van der Waals surface area (Å²) in [6.45, 7) is 5.87. The van der Waals surface area contributed by atoms with Gasteiger partial charge in [0.2, 0.25) is 0 Å². The summed E-state index contributed by atoms with van der Waals surface area (Å²) in [6, 6.07) is 25.4. The number of para-hydroxylation sites is 3. The van der Waals surface area contributed by atoms with Crippen LogP contribution in [0.4, 0.5) is 0 Å². The molecule has 0 aliphatic heterocycles. The lowest BCUT2D eigenvalue weighted by Gasteiger charge is -2.18. The van der Waals surface area contributed by atoms with E-state index in [2.05, 4.69) is 93.2 Å². The molecule has 33 heavy (non-hydrogen) atoms. The summed E-state index contributed by atoms with van der Waals surface area (Å²) in [6.07, 6.45) is 0. The highest BCUT2D eigenvalue weighted by Crippen LogP contribution is 2.36. The second-order valence-corrected chi connectivity index (χ2v) is 8.21. The quantitative estimate of drug-likeness (QED) is 0.354. The molecule has 0 amide bonds. The van der Waals surface area contributed by atoms with Gasteiger partial charge in [-0.25, -0.2) is 15.0 Å². The van der Waals surface area contributed by atoms with E-state index in [0.29, 0.717) is 22.7 Å². The Morgan fingerprint density at radius 2 is 1.39 bits per heavy atom. The second-order valence-electron chi connectivity index (χ2n) is 8.21. The molecule has 3 heterocycles. The predicted octanol–water partition coefficient (Wildman–Crippen LogP) is 5.71. The Labute approximate surface area is 190 Å². The minimum atomic E-state index is 0.297. The Morgan fingerprint density at radius 1 is 0.727 bits per heavy atom. The zero-order valence-corrected chi connectivity index (χ0v) is 18.5. The molecule has 0 saturated heterocycles. The fraction of sp³-hybridized carbons (Fsp3) is 0.111. The average Bonchev–Trinajstić information content (AvgIpc) is 3.33. The van der Waals surface area contributed by atoms with Crippen molar-refractivity contribution in [2.45, 2.75) is 20.8 Å². The SMILES string of the molecule is Cc1nc(C#N)c2nc(C)n(-c3cccc(C)c3-n3c4ccccc4c4ccccc43)c2n1. The maximum Gasteiger partial charge on any atom is 0.172 e. The van der Waals surface area contributed by atoms with Gasteiger partial charge in [0.1, 0.15) is 23.2 Å². The molecule has 6 heteroatoms. The van der Waals surface area contributed by atoms with E-state index in [1.165, 1.54) is 10.8 Å². The van der Waals surface area contributed by atoms with Crippen molar-refractivity contribution >= 4 is 33.0 Å². The summed E-state index contributed by atoms with van der Waals surface area (Å²) in [5, 5.41) is 12.0. The van der Waals surface area contributed by atoms with Crippen molar-refractivity contribution < 1.29 is 0 Å². The number of aromatic nitrogens is 5. The van der Waals surface area contributed by atoms with Gasteiger partial charge in [-0.1, -0.05) is 48.5 Å². The fourth-order valence-electron chi connectivity index (χ4n) is 4.82. The van der Waals surface area contributed by atoms with Crippen LogP contribution in [0.2, 0.25) is 0 Å². The molecule has 6 rings (SSSR count). The highest BCUT2D eigenvalue weighted by molar-refractivity contribution is 6.09. The van der Waals surface area contributed by atoms with E-state index in [4.69, 9.17) is 0 Å². The summed E-state index contributed by atoms with van der Waals surface area (Å²) in [5.41, 5.74) is 6.90. The Morgan fingerprint density at radius 3 is 2.06 bits per heavy atom. The molecule has 6 aromatic rings. The molecular weight excluding hydrogens is 408 g/mol. The minimum absolute atomic E-state index is 0.297. The number of benzene rings is 3. The van der Waals surface area contributed by atoms with E-state index in [0.717, 1.165) is 33.8 Å². The standard InChI is InChI=1S/C27H20N6/c1-16-9-8-14-24(32-18(3)31-25-21(15-28)29-17(2)30-27(25)32)26(16)33-22-12-6-4-10-19(22)20-11-5-7-13-23(20)33/h4-14H,1-3H3. The number of hydrogen-bond donors (Lipinski definition) is 0. The molecule has 6 nitrogen and oxygen atoms in total. The van der Waals surface area contributed by atoms with Crippen LogP contribution in [-0.2, 0) is 0 Å². The molecule has 0 N–H and O–H groups in total. The Hall–Kier alpha value is -4.50. The normalized spacial score (nSPS) is 11.5. The van der Waals surface area contributed by atoms with E-state index in [1.807, 2.05) is 17.6 Å². The summed E-state index contributed by atoms with van der Waals surface area (Å²) >= 11 is 0. The Bertz CT molecular complexity index is 1710. The molecule has 0 bridgehead atoms. The monoisotopic (exact) mass is 428 g/mol. The van der Waals surface area contributed by atoms with Gasteiger partial charge in [0, 0.05) is 10.8 Å². The number of aryl methyl sites for hydroxylation is 3. The van der Waals surface area contributed by atoms with Gasteiger partial charge in [-0.05, 0) is 44.5 Å². The molecule has 0 aliphatic rings. The molecular formula is C27H20N6. The number of fused-ring (bicyclic) bond motifs is 4. The van der Waals surface area contributed by atoms with Crippen LogP contribution in [0.3, 0.4) is 0 Å². The molecule has 0 aliphatic carbocycles. The average molecular weight is 428 g/mol. The van der Waals surface area contributed by atoms with Gasteiger partial charge in [-0.15, -0.1) is 0 Å². The van der Waals surface area contributed by atoms with E-state index in [9.17, 15) is 5.26 Å². The smallest absolute Gasteiger partial charge is 0.172 e. The largest absolute Gasteiger partial charge is 0.307 e. The zero-order valence-electron chi connectivity index (χ0n) is 18.5. The first-order chi connectivity index (χ1) is 16.1. The van der Waals surface area contributed by atoms with Gasteiger partial charge in [-0.3, -0.25) is 4.57 Å². The molecule has 0 spiro atoms. The van der Waals surface area contributed by atoms with Gasteiger partial charge in [-0.2, -0.15) is 5.26 Å². The molecule has 0 atom stereocenters. The van der Waals surface area contributed by atoms with Crippen LogP contribution < -0.4 is 0 Å². The third kappa shape index (κ3) is 2.69. The van der Waals surface area contributed by atoms with E-state index < -0.39 is 0 Å². The summed E-state index contributed by atoms with van der Waals surface area (Å²) in [4.78, 5) is 13.7. The number of rotatable bonds is 2. The van der Waals surface area contributed by atoms with Crippen molar-refractivity contribution in [3.8, 4) is 17.4 Å². The lowest BCUT2D eigenvalue weighted by Crippen LogP contribution is -2.07. The first-order valence-electron chi connectivity index (χ1n) is 10.8. The number of hydrogen-bond acceptors (Lipinski definition) is 4. The number of nitriles is 1. The maximum atomic E-state index is 9.62. The summed E-state index contributed by atoms with van der Waals surface area (Å²) < 4.78 is 4.36. The van der Waals surface area contributed by atoms with Gasteiger partial charge in [0.25, 0.3) is 0 Å². The van der Waals surface area contributed by atoms with Crippen LogP contribution in [0.1, 0.15) is 22.9 Å². The highest BCUT2D eigenvalue weighted by Gasteiger charge is 2.21. The van der Waals surface area contributed by atoms with Gasteiger partial charge in [0.15, 0.2) is 11.3 Å². The minimum Gasteiger partial charge on any atom is -0.307 e. The van der Waals surface area contributed by atoms with Crippen LogP contribution in [0.5, 0.6) is 0 Å². The van der Waals surface area contributed by atoms with Gasteiger partial charge in [0.05, 0.1) is 22.4 Å². The molecule has 158 valence electrons. The lowest BCUT2D eigenvalue weighted by molar-refractivity contribution is 0.955. The Balaban J connectivity index is 1.78. The fourth-order valence-corrected chi connectivity index (χ4v) is 4.82. The van der Waals surface area contributed by atoms with Gasteiger partial charge >= 0.3 is 0 Å². The van der Waals surface area contributed by atoms with Crippen molar-refractivity contribution in [3.63, 3.8) is 0 Å². The Kier molecular flexibility index (Phi) is 4.08. The topological polar surface area (TPSA) is 72.3 Å². The van der Waals surface area contributed by atoms with E-state index >= 15 is 0 Å². The van der Waals surface area contributed by atoms with Crippen LogP contribution in [0, 0.1) is 32.1 Å². The van der Waals surface area contributed by atoms with Crippen molar-refractivity contribution in [1.29, 1.82) is 5.26 Å². The first kappa shape index (κ1) is 19.2. The third-order valence-electron chi connectivity index (χ3n) is 6.15. The third-order valence-corrected chi connectivity index (χ3v) is 6.15. The molecule has 3 aromatic heterocycles. The van der Waals surface area contributed by atoms with E-state index in [-0.39, 0.29) is 0 Å². The van der Waals surface area contributed by atoms with Crippen LogP contribution in [-0.4, -0.2) is 24.1 Å². The molecule has 0 radical (unpaired) electrons. The maximum absolute atomic E-state index is 9.62. The second kappa shape index (κ2) is 7.01. The predicted molar refractivity (Wildman–Crippen MR) is 130 cm³/mol. The molecule has 0 unspecified atom stereocenters.